The van der Waals surface area contributed by atoms with Gasteiger partial charge in [0.15, 0.2) is 0 Å². The van der Waals surface area contributed by atoms with Crippen molar-refractivity contribution in [1.82, 2.24) is 10.2 Å². The SMILES string of the molecule is O=C(C[C@H](NC(=O)OCC1c2ccccc2-c2ccccc21)C(=O)N1CC(O)C[C@H]1C(=O)O)OCc1ccccc1. The van der Waals surface area contributed by atoms with Crippen LogP contribution in [0.4, 0.5) is 4.79 Å². The Morgan fingerprint density at radius 2 is 1.49 bits per heavy atom. The first-order chi connectivity index (χ1) is 19.8. The van der Waals surface area contributed by atoms with Crippen LogP contribution >= 0.6 is 0 Å². The second-order valence-corrected chi connectivity index (χ2v) is 10.1. The molecule has 3 aromatic carbocycles. The molecule has 0 bridgehead atoms. The molecule has 1 aliphatic carbocycles. The molecule has 1 saturated heterocycles. The zero-order chi connectivity index (χ0) is 28.9. The van der Waals surface area contributed by atoms with E-state index in [1.165, 1.54) is 0 Å². The molecule has 1 fully saturated rings. The summed E-state index contributed by atoms with van der Waals surface area (Å²) in [5.74, 6) is -3.10. The van der Waals surface area contributed by atoms with Gasteiger partial charge in [0, 0.05) is 18.9 Å². The average molecular weight is 559 g/mol. The molecule has 1 unspecified atom stereocenters. The van der Waals surface area contributed by atoms with Crippen LogP contribution in [0.25, 0.3) is 11.1 Å². The van der Waals surface area contributed by atoms with E-state index in [1.807, 2.05) is 54.6 Å². The van der Waals surface area contributed by atoms with Crippen LogP contribution in [-0.2, 0) is 30.5 Å². The van der Waals surface area contributed by atoms with Crippen molar-refractivity contribution >= 4 is 23.9 Å². The number of carbonyl (C=O) groups is 4. The molecule has 0 spiro atoms. The Balaban J connectivity index is 1.28. The molecule has 1 heterocycles. The quantitative estimate of drug-likeness (QED) is 0.340. The summed E-state index contributed by atoms with van der Waals surface area (Å²) < 4.78 is 10.9. The van der Waals surface area contributed by atoms with Gasteiger partial charge in [-0.25, -0.2) is 9.59 Å². The summed E-state index contributed by atoms with van der Waals surface area (Å²) >= 11 is 0. The molecule has 2 aliphatic rings. The molecule has 0 radical (unpaired) electrons. The van der Waals surface area contributed by atoms with Crippen LogP contribution in [0.5, 0.6) is 0 Å². The van der Waals surface area contributed by atoms with Gasteiger partial charge in [0.05, 0.1) is 12.5 Å². The number of hydrogen-bond donors (Lipinski definition) is 3. The summed E-state index contributed by atoms with van der Waals surface area (Å²) in [5.41, 5.74) is 4.86. The third-order valence-corrected chi connectivity index (χ3v) is 7.39. The predicted molar refractivity (Wildman–Crippen MR) is 147 cm³/mol. The second kappa shape index (κ2) is 12.2. The molecule has 3 aromatic rings. The van der Waals surface area contributed by atoms with Gasteiger partial charge in [0.2, 0.25) is 5.91 Å². The van der Waals surface area contributed by atoms with Crippen molar-refractivity contribution in [2.45, 2.75) is 43.6 Å². The number of nitrogens with zero attached hydrogens (tertiary/aromatic N) is 1. The Bertz CT molecular complexity index is 1400. The van der Waals surface area contributed by atoms with Crippen LogP contribution in [-0.4, -0.2) is 70.4 Å². The van der Waals surface area contributed by atoms with Gasteiger partial charge in [0.1, 0.15) is 25.3 Å². The number of ether oxygens (including phenoxy) is 2. The number of alkyl carbamates (subject to hydrolysis) is 1. The van der Waals surface area contributed by atoms with Gasteiger partial charge in [0.25, 0.3) is 0 Å². The lowest BCUT2D eigenvalue weighted by Gasteiger charge is -2.26. The maximum Gasteiger partial charge on any atom is 0.407 e. The molecular formula is C31H30N2O8. The van der Waals surface area contributed by atoms with Gasteiger partial charge in [-0.05, 0) is 27.8 Å². The number of rotatable bonds is 9. The highest BCUT2D eigenvalue weighted by Gasteiger charge is 2.42. The number of benzene rings is 3. The molecular weight excluding hydrogens is 528 g/mol. The lowest BCUT2D eigenvalue weighted by Crippen LogP contribution is -2.52. The van der Waals surface area contributed by atoms with Crippen LogP contribution in [0.2, 0.25) is 0 Å². The zero-order valence-electron chi connectivity index (χ0n) is 22.1. The molecule has 212 valence electrons. The summed E-state index contributed by atoms with van der Waals surface area (Å²) in [7, 11) is 0. The molecule has 5 rings (SSSR count). The minimum atomic E-state index is -1.46. The maximum atomic E-state index is 13.4. The van der Waals surface area contributed by atoms with E-state index in [4.69, 9.17) is 9.47 Å². The van der Waals surface area contributed by atoms with E-state index in [0.717, 1.165) is 32.7 Å². The molecule has 10 heteroatoms. The largest absolute Gasteiger partial charge is 0.480 e. The van der Waals surface area contributed by atoms with Gasteiger partial charge < -0.3 is 29.9 Å². The number of nitrogens with one attached hydrogen (secondary N) is 1. The number of hydrogen-bond acceptors (Lipinski definition) is 7. The van der Waals surface area contributed by atoms with Gasteiger partial charge >= 0.3 is 18.0 Å². The smallest absolute Gasteiger partial charge is 0.407 e. The monoisotopic (exact) mass is 558 g/mol. The van der Waals surface area contributed by atoms with Gasteiger partial charge in [-0.3, -0.25) is 9.59 Å². The van der Waals surface area contributed by atoms with Crippen molar-refractivity contribution in [1.29, 1.82) is 0 Å². The fourth-order valence-corrected chi connectivity index (χ4v) is 5.44. The van der Waals surface area contributed by atoms with Gasteiger partial charge in [-0.1, -0.05) is 78.9 Å². The number of carboxylic acids is 1. The molecule has 3 atom stereocenters. The highest BCUT2D eigenvalue weighted by molar-refractivity contribution is 5.92. The van der Waals surface area contributed by atoms with Crippen molar-refractivity contribution in [3.8, 4) is 11.1 Å². The van der Waals surface area contributed by atoms with Crippen LogP contribution in [0, 0.1) is 0 Å². The summed E-state index contributed by atoms with van der Waals surface area (Å²) in [5, 5.41) is 22.0. The molecule has 10 nitrogen and oxygen atoms in total. The number of carboxylic acid groups (broad SMARTS) is 1. The highest BCUT2D eigenvalue weighted by Crippen LogP contribution is 2.44. The molecule has 3 N–H and O–H groups in total. The van der Waals surface area contributed by atoms with E-state index < -0.39 is 48.5 Å². The standard InChI is InChI=1S/C31H30N2O8/c34-20-14-27(30(37)38)33(16-20)29(36)26(15-28(35)40-17-19-8-2-1-3-9-19)32-31(39)41-18-25-23-12-6-4-10-21(23)22-11-5-7-13-24(22)25/h1-13,20,25-27,34H,14-18H2,(H,32,39)(H,37,38)/t20?,26-,27-/m0/s1. The summed E-state index contributed by atoms with van der Waals surface area (Å²) in [6.07, 6.45) is -2.68. The van der Waals surface area contributed by atoms with Crippen molar-refractivity contribution < 1.29 is 38.9 Å². The molecule has 1 aliphatic heterocycles. The zero-order valence-corrected chi connectivity index (χ0v) is 22.1. The Morgan fingerprint density at radius 3 is 2.12 bits per heavy atom. The van der Waals surface area contributed by atoms with E-state index in [0.29, 0.717) is 0 Å². The third kappa shape index (κ3) is 6.22. The van der Waals surface area contributed by atoms with Crippen molar-refractivity contribution in [2.24, 2.45) is 0 Å². The number of likely N-dealkylation sites (tertiary alicyclic amines) is 1. The Labute approximate surface area is 236 Å². The van der Waals surface area contributed by atoms with Crippen molar-refractivity contribution in [2.75, 3.05) is 13.2 Å². The lowest BCUT2D eigenvalue weighted by atomic mass is 9.98. The normalized spacial score (nSPS) is 18.2. The lowest BCUT2D eigenvalue weighted by molar-refractivity contribution is -0.151. The first-order valence-corrected chi connectivity index (χ1v) is 13.3. The van der Waals surface area contributed by atoms with E-state index >= 15 is 0 Å². The van der Waals surface area contributed by atoms with Crippen LogP contribution in [0.3, 0.4) is 0 Å². The molecule has 0 aromatic heterocycles. The number of fused-ring (bicyclic) bond motifs is 3. The number of esters is 1. The highest BCUT2D eigenvalue weighted by atomic mass is 16.5. The van der Waals surface area contributed by atoms with Crippen molar-refractivity contribution in [3.63, 3.8) is 0 Å². The van der Waals surface area contributed by atoms with Gasteiger partial charge in [-0.15, -0.1) is 0 Å². The van der Waals surface area contributed by atoms with E-state index in [1.54, 1.807) is 24.3 Å². The number of aliphatic hydroxyl groups is 1. The van der Waals surface area contributed by atoms with Gasteiger partial charge in [-0.2, -0.15) is 0 Å². The predicted octanol–water partition coefficient (Wildman–Crippen LogP) is 3.07. The molecule has 41 heavy (non-hydrogen) atoms. The minimum absolute atomic E-state index is 0.0145. The first kappa shape index (κ1) is 27.9. The summed E-state index contributed by atoms with van der Waals surface area (Å²) in [6, 6.07) is 21.9. The van der Waals surface area contributed by atoms with E-state index in [2.05, 4.69) is 5.32 Å². The van der Waals surface area contributed by atoms with Crippen LogP contribution in [0.1, 0.15) is 35.4 Å². The van der Waals surface area contributed by atoms with Crippen LogP contribution in [0.15, 0.2) is 78.9 Å². The maximum absolute atomic E-state index is 13.4. The van der Waals surface area contributed by atoms with E-state index in [-0.39, 0.29) is 32.1 Å². The number of β-amino-alcohol motifs (C(OH)–C–C–N with tert-alkyl or cyclic N) is 1. The Morgan fingerprint density at radius 1 is 0.878 bits per heavy atom. The minimum Gasteiger partial charge on any atom is -0.480 e. The van der Waals surface area contributed by atoms with Crippen LogP contribution < -0.4 is 5.32 Å². The fourth-order valence-electron chi connectivity index (χ4n) is 5.44. The van der Waals surface area contributed by atoms with Crippen molar-refractivity contribution in [3.05, 3.63) is 95.6 Å². The topological polar surface area (TPSA) is 142 Å². The molecule has 0 saturated carbocycles. The third-order valence-electron chi connectivity index (χ3n) is 7.39. The van der Waals surface area contributed by atoms with E-state index in [9.17, 15) is 29.4 Å². The number of aliphatic carboxylic acids is 1. The first-order valence-electron chi connectivity index (χ1n) is 13.3. The summed E-state index contributed by atoms with van der Waals surface area (Å²) in [4.78, 5) is 51.8. The Hall–Kier alpha value is -4.70. The second-order valence-electron chi connectivity index (χ2n) is 10.1. The Kier molecular flexibility index (Phi) is 8.30. The molecule has 2 amide bonds. The number of aliphatic hydroxyl groups excluding tert-OH is 1. The average Bonchev–Trinajstić information content (AvgIpc) is 3.53. The number of amides is 2. The summed E-state index contributed by atoms with van der Waals surface area (Å²) in [6.45, 7) is -0.289. The number of carbonyl (C=O) groups excluding carboxylic acids is 3. The fraction of sp³-hybridized carbons (Fsp3) is 0.290.